The first-order valence-corrected chi connectivity index (χ1v) is 7.40. The molecule has 2 heterocycles. The summed E-state index contributed by atoms with van der Waals surface area (Å²) in [6.45, 7) is 5.56. The van der Waals surface area contributed by atoms with Crippen molar-refractivity contribution >= 4 is 5.91 Å². The van der Waals surface area contributed by atoms with Crippen LogP contribution in [-0.4, -0.2) is 35.0 Å². The van der Waals surface area contributed by atoms with E-state index in [0.29, 0.717) is 5.92 Å². The van der Waals surface area contributed by atoms with E-state index in [9.17, 15) is 4.79 Å². The lowest BCUT2D eigenvalue weighted by Gasteiger charge is -2.32. The van der Waals surface area contributed by atoms with Gasteiger partial charge in [-0.05, 0) is 50.3 Å². The van der Waals surface area contributed by atoms with Crippen LogP contribution < -0.4 is 5.73 Å². The van der Waals surface area contributed by atoms with Crippen LogP contribution in [0.1, 0.15) is 43.1 Å². The molecule has 0 aliphatic carbocycles. The van der Waals surface area contributed by atoms with E-state index in [2.05, 4.69) is 11.5 Å². The molecule has 1 aliphatic heterocycles. The maximum absolute atomic E-state index is 12.5. The quantitative estimate of drug-likeness (QED) is 0.884. The summed E-state index contributed by atoms with van der Waals surface area (Å²) in [4.78, 5) is 14.5. The highest BCUT2D eigenvalue weighted by Gasteiger charge is 2.24. The van der Waals surface area contributed by atoms with Gasteiger partial charge in [0.1, 0.15) is 5.69 Å². The van der Waals surface area contributed by atoms with Crippen LogP contribution in [0.2, 0.25) is 0 Å². The highest BCUT2D eigenvalue weighted by atomic mass is 16.2. The highest BCUT2D eigenvalue weighted by molar-refractivity contribution is 5.92. The molecule has 0 unspecified atom stereocenters. The van der Waals surface area contributed by atoms with E-state index in [1.165, 1.54) is 0 Å². The third-order valence-electron chi connectivity index (χ3n) is 3.99. The van der Waals surface area contributed by atoms with Crippen molar-refractivity contribution in [3.63, 3.8) is 0 Å². The van der Waals surface area contributed by atoms with Gasteiger partial charge in [0.05, 0.1) is 0 Å². The van der Waals surface area contributed by atoms with Crippen molar-refractivity contribution in [2.45, 2.75) is 39.2 Å². The number of hydrogen-bond acceptors (Lipinski definition) is 2. The Morgan fingerprint density at radius 2 is 2.16 bits per heavy atom. The number of piperidine rings is 1. The first-order chi connectivity index (χ1) is 9.26. The fourth-order valence-electron chi connectivity index (χ4n) is 2.87. The SMILES string of the molecule is CCCn1cccc1C(=O)N1CCC(CCN)CC1. The van der Waals surface area contributed by atoms with E-state index in [-0.39, 0.29) is 5.91 Å². The van der Waals surface area contributed by atoms with Crippen molar-refractivity contribution in [1.82, 2.24) is 9.47 Å². The molecule has 1 aromatic rings. The Balaban J connectivity index is 1.95. The normalized spacial score (nSPS) is 16.8. The molecule has 1 aromatic heterocycles. The summed E-state index contributed by atoms with van der Waals surface area (Å²) in [6.07, 6.45) is 6.33. The summed E-state index contributed by atoms with van der Waals surface area (Å²) in [5, 5.41) is 0. The van der Waals surface area contributed by atoms with Gasteiger partial charge in [-0.15, -0.1) is 0 Å². The molecule has 1 amide bonds. The Bertz CT molecular complexity index is 405. The molecular formula is C15H25N3O. The lowest BCUT2D eigenvalue weighted by Crippen LogP contribution is -2.39. The number of hydrogen-bond donors (Lipinski definition) is 1. The van der Waals surface area contributed by atoms with Gasteiger partial charge in [-0.25, -0.2) is 0 Å². The molecule has 0 bridgehead atoms. The van der Waals surface area contributed by atoms with Crippen molar-refractivity contribution in [3.8, 4) is 0 Å². The number of nitrogens with two attached hydrogens (primary N) is 1. The smallest absolute Gasteiger partial charge is 0.270 e. The predicted octanol–water partition coefficient (Wildman–Crippen LogP) is 2.10. The largest absolute Gasteiger partial charge is 0.344 e. The number of aryl methyl sites for hydroxylation is 1. The molecule has 4 nitrogen and oxygen atoms in total. The van der Waals surface area contributed by atoms with Crippen LogP contribution in [0, 0.1) is 5.92 Å². The monoisotopic (exact) mass is 263 g/mol. The highest BCUT2D eigenvalue weighted by Crippen LogP contribution is 2.21. The van der Waals surface area contributed by atoms with E-state index in [1.54, 1.807) is 0 Å². The summed E-state index contributed by atoms with van der Waals surface area (Å²) in [7, 11) is 0. The Labute approximate surface area is 115 Å². The first kappa shape index (κ1) is 14.1. The zero-order valence-corrected chi connectivity index (χ0v) is 11.8. The van der Waals surface area contributed by atoms with Gasteiger partial charge in [0.25, 0.3) is 5.91 Å². The second-order valence-corrected chi connectivity index (χ2v) is 5.40. The van der Waals surface area contributed by atoms with Gasteiger partial charge < -0.3 is 15.2 Å². The van der Waals surface area contributed by atoms with Crippen molar-refractivity contribution in [2.75, 3.05) is 19.6 Å². The minimum atomic E-state index is 0.185. The molecule has 2 N–H and O–H groups in total. The molecule has 0 spiro atoms. The number of aromatic nitrogens is 1. The van der Waals surface area contributed by atoms with E-state index in [4.69, 9.17) is 5.73 Å². The molecule has 0 aromatic carbocycles. The number of likely N-dealkylation sites (tertiary alicyclic amines) is 1. The zero-order valence-electron chi connectivity index (χ0n) is 11.8. The average molecular weight is 263 g/mol. The van der Waals surface area contributed by atoms with Crippen LogP contribution >= 0.6 is 0 Å². The summed E-state index contributed by atoms with van der Waals surface area (Å²) >= 11 is 0. The van der Waals surface area contributed by atoms with E-state index in [1.807, 2.05) is 23.2 Å². The number of amides is 1. The van der Waals surface area contributed by atoms with E-state index < -0.39 is 0 Å². The Morgan fingerprint density at radius 3 is 2.79 bits per heavy atom. The molecule has 1 saturated heterocycles. The van der Waals surface area contributed by atoms with Crippen molar-refractivity contribution in [3.05, 3.63) is 24.0 Å². The fraction of sp³-hybridized carbons (Fsp3) is 0.667. The van der Waals surface area contributed by atoms with Crippen LogP contribution in [-0.2, 0) is 6.54 Å². The van der Waals surface area contributed by atoms with Gasteiger partial charge in [0.2, 0.25) is 0 Å². The standard InChI is InChI=1S/C15H25N3O/c1-2-9-17-10-3-4-14(17)15(19)18-11-6-13(5-8-16)7-12-18/h3-4,10,13H,2,5-9,11-12,16H2,1H3. The number of nitrogens with zero attached hydrogens (tertiary/aromatic N) is 2. The van der Waals surface area contributed by atoms with Crippen LogP contribution in [0.4, 0.5) is 0 Å². The molecular weight excluding hydrogens is 238 g/mol. The van der Waals surface area contributed by atoms with Crippen molar-refractivity contribution < 1.29 is 4.79 Å². The number of carbonyl (C=O) groups is 1. The maximum Gasteiger partial charge on any atom is 0.270 e. The third-order valence-corrected chi connectivity index (χ3v) is 3.99. The molecule has 4 heteroatoms. The molecule has 19 heavy (non-hydrogen) atoms. The van der Waals surface area contributed by atoms with Crippen molar-refractivity contribution in [1.29, 1.82) is 0 Å². The number of carbonyl (C=O) groups excluding carboxylic acids is 1. The van der Waals surface area contributed by atoms with E-state index >= 15 is 0 Å². The first-order valence-electron chi connectivity index (χ1n) is 7.40. The van der Waals surface area contributed by atoms with Crippen molar-refractivity contribution in [2.24, 2.45) is 11.7 Å². The average Bonchev–Trinajstić information content (AvgIpc) is 2.88. The Hall–Kier alpha value is -1.29. The molecule has 1 aliphatic rings. The molecule has 0 atom stereocenters. The summed E-state index contributed by atoms with van der Waals surface area (Å²) in [5.74, 6) is 0.890. The topological polar surface area (TPSA) is 51.3 Å². The van der Waals surface area contributed by atoms with Crippen LogP contribution in [0.3, 0.4) is 0 Å². The summed E-state index contributed by atoms with van der Waals surface area (Å²) < 4.78 is 2.06. The second kappa shape index (κ2) is 6.75. The van der Waals surface area contributed by atoms with Gasteiger partial charge in [-0.1, -0.05) is 6.92 Å². The lowest BCUT2D eigenvalue weighted by molar-refractivity contribution is 0.0677. The fourth-order valence-corrected chi connectivity index (χ4v) is 2.87. The molecule has 2 rings (SSSR count). The van der Waals surface area contributed by atoms with Gasteiger partial charge >= 0.3 is 0 Å². The van der Waals surface area contributed by atoms with Gasteiger partial charge in [-0.3, -0.25) is 4.79 Å². The van der Waals surface area contributed by atoms with Gasteiger partial charge in [0, 0.05) is 25.8 Å². The Kier molecular flexibility index (Phi) is 5.02. The zero-order chi connectivity index (χ0) is 13.7. The second-order valence-electron chi connectivity index (χ2n) is 5.40. The molecule has 1 fully saturated rings. The minimum Gasteiger partial charge on any atom is -0.344 e. The molecule has 106 valence electrons. The maximum atomic E-state index is 12.5. The third kappa shape index (κ3) is 3.38. The molecule has 0 radical (unpaired) electrons. The van der Waals surface area contributed by atoms with E-state index in [0.717, 1.165) is 57.6 Å². The summed E-state index contributed by atoms with van der Waals surface area (Å²) in [6, 6.07) is 3.90. The van der Waals surface area contributed by atoms with Crippen LogP contribution in [0.5, 0.6) is 0 Å². The predicted molar refractivity (Wildman–Crippen MR) is 77.0 cm³/mol. The Morgan fingerprint density at radius 1 is 1.42 bits per heavy atom. The van der Waals surface area contributed by atoms with Crippen LogP contribution in [0.25, 0.3) is 0 Å². The van der Waals surface area contributed by atoms with Crippen LogP contribution in [0.15, 0.2) is 18.3 Å². The lowest BCUT2D eigenvalue weighted by atomic mass is 9.93. The summed E-state index contributed by atoms with van der Waals surface area (Å²) in [5.41, 5.74) is 6.43. The number of rotatable bonds is 5. The van der Waals surface area contributed by atoms with Gasteiger partial charge in [0.15, 0.2) is 0 Å². The van der Waals surface area contributed by atoms with Gasteiger partial charge in [-0.2, -0.15) is 0 Å². The minimum absolute atomic E-state index is 0.185. The molecule has 0 saturated carbocycles.